The van der Waals surface area contributed by atoms with Gasteiger partial charge in [0.2, 0.25) is 0 Å². The van der Waals surface area contributed by atoms with Crippen molar-refractivity contribution in [3.8, 4) is 5.75 Å². The number of hydrogen-bond acceptors (Lipinski definition) is 2. The number of hydrogen-bond donors (Lipinski definition) is 0. The molecule has 2 heterocycles. The number of methoxy groups -OCH3 is 1. The Bertz CT molecular complexity index is 427. The summed E-state index contributed by atoms with van der Waals surface area (Å²) in [6.07, 6.45) is 5.15. The van der Waals surface area contributed by atoms with Crippen LogP contribution in [0.3, 0.4) is 0 Å². The van der Waals surface area contributed by atoms with Gasteiger partial charge >= 0.3 is 0 Å². The van der Waals surface area contributed by atoms with Gasteiger partial charge in [-0.05, 0) is 55.6 Å². The zero-order valence-corrected chi connectivity index (χ0v) is 11.8. The molecule has 1 radical (unpaired) electrons. The van der Waals surface area contributed by atoms with Gasteiger partial charge in [-0.25, -0.2) is 5.32 Å². The maximum atomic E-state index is 5.32. The smallest absolute Gasteiger partial charge is 0.119 e. The minimum absolute atomic E-state index is 0.368. The van der Waals surface area contributed by atoms with Crippen LogP contribution in [0.25, 0.3) is 0 Å². The Morgan fingerprint density at radius 1 is 1.26 bits per heavy atom. The molecule has 0 aromatic heterocycles. The van der Waals surface area contributed by atoms with Crippen molar-refractivity contribution in [2.75, 3.05) is 33.3 Å². The Balaban J connectivity index is 1.74. The van der Waals surface area contributed by atoms with Gasteiger partial charge in [-0.15, -0.1) is 0 Å². The summed E-state index contributed by atoms with van der Waals surface area (Å²) in [6, 6.07) is 6.84. The van der Waals surface area contributed by atoms with Crippen molar-refractivity contribution in [2.24, 2.45) is 0 Å². The predicted molar refractivity (Wildman–Crippen MR) is 76.7 cm³/mol. The van der Waals surface area contributed by atoms with Gasteiger partial charge in [-0.1, -0.05) is 12.5 Å². The number of rotatable bonds is 3. The monoisotopic (exact) mass is 259 g/mol. The lowest BCUT2D eigenvalue weighted by atomic mass is 9.93. The van der Waals surface area contributed by atoms with Gasteiger partial charge < -0.3 is 9.64 Å². The van der Waals surface area contributed by atoms with Crippen LogP contribution >= 0.6 is 0 Å². The van der Waals surface area contributed by atoms with Gasteiger partial charge in [0.1, 0.15) is 5.75 Å². The van der Waals surface area contributed by atoms with Crippen LogP contribution in [0.4, 0.5) is 0 Å². The number of likely N-dealkylation sites (tertiary alicyclic amines) is 1. The molecule has 0 bridgehead atoms. The largest absolute Gasteiger partial charge is 0.497 e. The Morgan fingerprint density at radius 3 is 2.89 bits per heavy atom. The maximum Gasteiger partial charge on any atom is 0.119 e. The van der Waals surface area contributed by atoms with Crippen LogP contribution in [0.15, 0.2) is 18.2 Å². The first-order chi connectivity index (χ1) is 9.36. The minimum Gasteiger partial charge on any atom is -0.497 e. The molecule has 0 N–H and O–H groups in total. The third-order valence-electron chi connectivity index (χ3n) is 4.32. The molecule has 3 heteroatoms. The van der Waals surface area contributed by atoms with Crippen molar-refractivity contribution in [1.82, 2.24) is 10.2 Å². The quantitative estimate of drug-likeness (QED) is 0.833. The molecule has 1 fully saturated rings. The van der Waals surface area contributed by atoms with E-state index in [1.807, 2.05) is 0 Å². The van der Waals surface area contributed by atoms with Crippen molar-refractivity contribution in [2.45, 2.75) is 31.7 Å². The molecule has 2 aliphatic rings. The molecule has 3 nitrogen and oxygen atoms in total. The fourth-order valence-corrected chi connectivity index (χ4v) is 3.23. The zero-order chi connectivity index (χ0) is 13.1. The lowest BCUT2D eigenvalue weighted by Crippen LogP contribution is -2.38. The highest BCUT2D eigenvalue weighted by atomic mass is 16.5. The van der Waals surface area contributed by atoms with Crippen molar-refractivity contribution in [3.05, 3.63) is 29.3 Å². The summed E-state index contributed by atoms with van der Waals surface area (Å²) in [5.74, 6) is 0.970. The summed E-state index contributed by atoms with van der Waals surface area (Å²) in [7, 11) is 1.74. The van der Waals surface area contributed by atoms with Crippen molar-refractivity contribution in [3.63, 3.8) is 0 Å². The molecule has 3 rings (SSSR count). The van der Waals surface area contributed by atoms with Gasteiger partial charge in [0.15, 0.2) is 0 Å². The zero-order valence-electron chi connectivity index (χ0n) is 11.8. The molecule has 19 heavy (non-hydrogen) atoms. The van der Waals surface area contributed by atoms with Gasteiger partial charge in [-0.3, -0.25) is 0 Å². The summed E-state index contributed by atoms with van der Waals surface area (Å²) in [4.78, 5) is 2.58. The molecule has 0 saturated carbocycles. The Labute approximate surface area is 115 Å². The summed E-state index contributed by atoms with van der Waals surface area (Å²) >= 11 is 0. The van der Waals surface area contributed by atoms with E-state index >= 15 is 0 Å². The van der Waals surface area contributed by atoms with E-state index in [2.05, 4.69) is 23.1 Å². The van der Waals surface area contributed by atoms with E-state index in [0.29, 0.717) is 6.04 Å². The number of ether oxygens (including phenoxy) is 1. The Hall–Kier alpha value is -1.06. The molecule has 1 aromatic carbocycles. The van der Waals surface area contributed by atoms with Crippen LogP contribution in [0.5, 0.6) is 5.75 Å². The average Bonchev–Trinajstić information content (AvgIpc) is 2.48. The fourth-order valence-electron chi connectivity index (χ4n) is 3.23. The van der Waals surface area contributed by atoms with Crippen LogP contribution < -0.4 is 10.1 Å². The van der Waals surface area contributed by atoms with Crippen molar-refractivity contribution < 1.29 is 4.74 Å². The van der Waals surface area contributed by atoms with Gasteiger partial charge in [0.25, 0.3) is 0 Å². The van der Waals surface area contributed by atoms with Gasteiger partial charge in [0, 0.05) is 13.1 Å². The molecule has 1 aromatic rings. The number of nitrogens with zero attached hydrogens (tertiary/aromatic N) is 2. The topological polar surface area (TPSA) is 26.6 Å². The summed E-state index contributed by atoms with van der Waals surface area (Å²) in [5, 5.41) is 4.84. The van der Waals surface area contributed by atoms with E-state index < -0.39 is 0 Å². The highest BCUT2D eigenvalue weighted by molar-refractivity contribution is 5.39. The molecule has 0 aliphatic carbocycles. The number of benzene rings is 1. The molecule has 0 amide bonds. The lowest BCUT2D eigenvalue weighted by molar-refractivity contribution is 0.201. The first-order valence-corrected chi connectivity index (χ1v) is 7.42. The van der Waals surface area contributed by atoms with Crippen molar-refractivity contribution >= 4 is 0 Å². The second-order valence-electron chi connectivity index (χ2n) is 5.60. The second-order valence-corrected chi connectivity index (χ2v) is 5.60. The molecule has 1 unspecified atom stereocenters. The first kappa shape index (κ1) is 12.9. The van der Waals surface area contributed by atoms with Crippen LogP contribution in [0, 0.1) is 0 Å². The van der Waals surface area contributed by atoms with Crippen molar-refractivity contribution in [1.29, 1.82) is 0 Å². The summed E-state index contributed by atoms with van der Waals surface area (Å²) < 4.78 is 5.32. The summed E-state index contributed by atoms with van der Waals surface area (Å²) in [6.45, 7) is 4.55. The molecule has 103 valence electrons. The molecular formula is C16H23N2O. The number of piperidine rings is 1. The lowest BCUT2D eigenvalue weighted by Gasteiger charge is -2.33. The van der Waals surface area contributed by atoms with Crippen LogP contribution in [-0.4, -0.2) is 38.2 Å². The molecular weight excluding hydrogens is 236 g/mol. The van der Waals surface area contributed by atoms with E-state index in [-0.39, 0.29) is 0 Å². The van der Waals surface area contributed by atoms with Crippen LogP contribution in [0.2, 0.25) is 0 Å². The number of fused-ring (bicyclic) bond motifs is 1. The Morgan fingerprint density at radius 2 is 2.11 bits per heavy atom. The maximum absolute atomic E-state index is 5.32. The molecule has 2 aliphatic heterocycles. The molecule has 1 atom stereocenters. The Kier molecular flexibility index (Phi) is 4.04. The standard InChI is InChI=1S/C16H23N2O/c1-19-14-5-6-15-13(11-14)7-8-17-16(15)12-18-9-3-2-4-10-18/h5-6,11,16H,2-4,7-10,12H2,1H3. The first-order valence-electron chi connectivity index (χ1n) is 7.42. The predicted octanol–water partition coefficient (Wildman–Crippen LogP) is 2.38. The van der Waals surface area contributed by atoms with Crippen LogP contribution in [-0.2, 0) is 6.42 Å². The average molecular weight is 259 g/mol. The van der Waals surface area contributed by atoms with Gasteiger partial charge in [-0.2, -0.15) is 0 Å². The fraction of sp³-hybridized carbons (Fsp3) is 0.625. The van der Waals surface area contributed by atoms with Gasteiger partial charge in [0.05, 0.1) is 13.2 Å². The highest BCUT2D eigenvalue weighted by Gasteiger charge is 2.24. The van der Waals surface area contributed by atoms with E-state index in [4.69, 9.17) is 10.1 Å². The third kappa shape index (κ3) is 2.93. The second kappa shape index (κ2) is 5.93. The minimum atomic E-state index is 0.368. The van der Waals surface area contributed by atoms with E-state index in [0.717, 1.165) is 25.3 Å². The molecule has 0 spiro atoms. The van der Waals surface area contributed by atoms with E-state index in [9.17, 15) is 0 Å². The third-order valence-corrected chi connectivity index (χ3v) is 4.32. The normalized spacial score (nSPS) is 23.9. The highest BCUT2D eigenvalue weighted by Crippen LogP contribution is 2.28. The van der Waals surface area contributed by atoms with E-state index in [1.165, 1.54) is 43.5 Å². The van der Waals surface area contributed by atoms with E-state index in [1.54, 1.807) is 7.11 Å². The SMILES string of the molecule is COc1ccc2c(c1)CC[N]C2CN1CCCCC1. The summed E-state index contributed by atoms with van der Waals surface area (Å²) in [5.41, 5.74) is 2.84. The van der Waals surface area contributed by atoms with Crippen LogP contribution in [0.1, 0.15) is 36.4 Å². The molecule has 1 saturated heterocycles.